The third kappa shape index (κ3) is 4.19. The fraction of sp³-hybridized carbons (Fsp3) is 0.529. The van der Waals surface area contributed by atoms with Crippen molar-refractivity contribution in [3.05, 3.63) is 35.9 Å². The van der Waals surface area contributed by atoms with E-state index in [0.29, 0.717) is 25.3 Å². The van der Waals surface area contributed by atoms with E-state index >= 15 is 0 Å². The first-order valence-corrected chi connectivity index (χ1v) is 7.53. The Kier molecular flexibility index (Phi) is 5.33. The highest BCUT2D eigenvalue weighted by atomic mass is 16.2. The van der Waals surface area contributed by atoms with Crippen molar-refractivity contribution < 1.29 is 9.59 Å². The molecule has 1 fully saturated rings. The zero-order valence-corrected chi connectivity index (χ0v) is 12.2. The zero-order chi connectivity index (χ0) is 14.4. The third-order valence-electron chi connectivity index (χ3n) is 4.02. The van der Waals surface area contributed by atoms with E-state index in [2.05, 4.69) is 6.92 Å². The number of benzene rings is 1. The Hall–Kier alpha value is -1.64. The van der Waals surface area contributed by atoms with Gasteiger partial charge in [0.05, 0.1) is 0 Å². The summed E-state index contributed by atoms with van der Waals surface area (Å²) in [5.41, 5.74) is 0.767. The normalized spacial score (nSPS) is 19.8. The lowest BCUT2D eigenvalue weighted by molar-refractivity contribution is -0.130. The van der Waals surface area contributed by atoms with Crippen molar-refractivity contribution in [3.63, 3.8) is 0 Å². The van der Waals surface area contributed by atoms with Crippen LogP contribution in [-0.2, 0) is 4.79 Å². The molecule has 0 saturated carbocycles. The van der Waals surface area contributed by atoms with Gasteiger partial charge in [-0.3, -0.25) is 9.59 Å². The Morgan fingerprint density at radius 1 is 1.25 bits per heavy atom. The lowest BCUT2D eigenvalue weighted by Crippen LogP contribution is -2.31. The smallest absolute Gasteiger partial charge is 0.222 e. The first-order chi connectivity index (χ1) is 9.66. The van der Waals surface area contributed by atoms with Crippen LogP contribution in [0.2, 0.25) is 0 Å². The largest absolute Gasteiger partial charge is 0.343 e. The molecular weight excluding hydrogens is 250 g/mol. The molecule has 1 atom stereocenters. The Morgan fingerprint density at radius 2 is 2.00 bits per heavy atom. The number of carbonyl (C=O) groups is 2. The van der Waals surface area contributed by atoms with E-state index in [4.69, 9.17) is 0 Å². The molecule has 2 rings (SSSR count). The molecule has 0 aromatic heterocycles. The van der Waals surface area contributed by atoms with Crippen LogP contribution in [0.4, 0.5) is 0 Å². The Bertz CT molecular complexity index is 455. The summed E-state index contributed by atoms with van der Waals surface area (Å²) in [6.07, 6.45) is 4.02. The second kappa shape index (κ2) is 7.22. The predicted octanol–water partition coefficient (Wildman–Crippen LogP) is 3.30. The summed E-state index contributed by atoms with van der Waals surface area (Å²) < 4.78 is 0. The van der Waals surface area contributed by atoms with Crippen LogP contribution in [-0.4, -0.2) is 29.7 Å². The van der Waals surface area contributed by atoms with Gasteiger partial charge in [-0.15, -0.1) is 0 Å². The van der Waals surface area contributed by atoms with E-state index in [0.717, 1.165) is 31.4 Å². The molecule has 1 saturated heterocycles. The minimum Gasteiger partial charge on any atom is -0.343 e. The van der Waals surface area contributed by atoms with Gasteiger partial charge in [-0.05, 0) is 25.2 Å². The van der Waals surface area contributed by atoms with Gasteiger partial charge in [0.25, 0.3) is 0 Å². The highest BCUT2D eigenvalue weighted by Gasteiger charge is 2.19. The molecule has 0 aliphatic carbocycles. The van der Waals surface area contributed by atoms with E-state index in [1.54, 1.807) is 0 Å². The van der Waals surface area contributed by atoms with Crippen molar-refractivity contribution in [3.8, 4) is 0 Å². The van der Waals surface area contributed by atoms with Crippen LogP contribution < -0.4 is 0 Å². The Labute approximate surface area is 121 Å². The highest BCUT2D eigenvalue weighted by Crippen LogP contribution is 2.18. The number of rotatable bonds is 5. The zero-order valence-electron chi connectivity index (χ0n) is 12.2. The van der Waals surface area contributed by atoms with Crippen molar-refractivity contribution in [2.24, 2.45) is 5.92 Å². The molecule has 0 spiro atoms. The van der Waals surface area contributed by atoms with Crippen LogP contribution in [0.25, 0.3) is 0 Å². The van der Waals surface area contributed by atoms with Crippen LogP contribution in [0.5, 0.6) is 0 Å². The molecule has 0 bridgehead atoms. The van der Waals surface area contributed by atoms with Crippen LogP contribution in [0.3, 0.4) is 0 Å². The molecule has 1 unspecified atom stereocenters. The van der Waals surface area contributed by atoms with E-state index < -0.39 is 0 Å². The predicted molar refractivity (Wildman–Crippen MR) is 79.6 cm³/mol. The van der Waals surface area contributed by atoms with Gasteiger partial charge < -0.3 is 4.90 Å². The van der Waals surface area contributed by atoms with E-state index in [1.165, 1.54) is 0 Å². The van der Waals surface area contributed by atoms with Crippen LogP contribution in [0, 0.1) is 5.92 Å². The Balaban J connectivity index is 1.78. The van der Waals surface area contributed by atoms with Gasteiger partial charge in [0.15, 0.2) is 5.78 Å². The second-order valence-corrected chi connectivity index (χ2v) is 5.71. The van der Waals surface area contributed by atoms with Crippen LogP contribution >= 0.6 is 0 Å². The fourth-order valence-corrected chi connectivity index (χ4v) is 2.61. The van der Waals surface area contributed by atoms with Crippen molar-refractivity contribution in [1.82, 2.24) is 4.90 Å². The van der Waals surface area contributed by atoms with Gasteiger partial charge in [0, 0.05) is 31.5 Å². The molecule has 1 aromatic rings. The van der Waals surface area contributed by atoms with E-state index in [-0.39, 0.29) is 11.7 Å². The molecule has 108 valence electrons. The minimum atomic E-state index is 0.168. The molecule has 3 nitrogen and oxygen atoms in total. The number of likely N-dealkylation sites (tertiary alicyclic amines) is 1. The van der Waals surface area contributed by atoms with Gasteiger partial charge >= 0.3 is 0 Å². The van der Waals surface area contributed by atoms with Crippen molar-refractivity contribution in [2.45, 2.75) is 39.0 Å². The quantitative estimate of drug-likeness (QED) is 0.772. The molecular formula is C17H23NO2. The van der Waals surface area contributed by atoms with E-state index in [1.807, 2.05) is 35.2 Å². The van der Waals surface area contributed by atoms with Crippen molar-refractivity contribution in [2.75, 3.05) is 13.1 Å². The minimum absolute atomic E-state index is 0.168. The molecule has 0 radical (unpaired) electrons. The van der Waals surface area contributed by atoms with Gasteiger partial charge in [0.2, 0.25) is 5.91 Å². The summed E-state index contributed by atoms with van der Waals surface area (Å²) in [6, 6.07) is 9.37. The van der Waals surface area contributed by atoms with Gasteiger partial charge in [0.1, 0.15) is 0 Å². The summed E-state index contributed by atoms with van der Waals surface area (Å²) in [6.45, 7) is 3.76. The lowest BCUT2D eigenvalue weighted by Gasteiger charge is -2.20. The monoisotopic (exact) mass is 273 g/mol. The first kappa shape index (κ1) is 14.8. The number of hydrogen-bond acceptors (Lipinski definition) is 2. The van der Waals surface area contributed by atoms with Crippen molar-refractivity contribution >= 4 is 11.7 Å². The van der Waals surface area contributed by atoms with Crippen molar-refractivity contribution in [1.29, 1.82) is 0 Å². The summed E-state index contributed by atoms with van der Waals surface area (Å²) in [7, 11) is 0. The summed E-state index contributed by atoms with van der Waals surface area (Å²) in [5, 5.41) is 0. The van der Waals surface area contributed by atoms with Crippen LogP contribution in [0.1, 0.15) is 49.4 Å². The topological polar surface area (TPSA) is 37.4 Å². The average molecular weight is 273 g/mol. The summed E-state index contributed by atoms with van der Waals surface area (Å²) in [5.74, 6) is 1.05. The molecule has 3 heteroatoms. The van der Waals surface area contributed by atoms with Gasteiger partial charge in [-0.25, -0.2) is 0 Å². The highest BCUT2D eigenvalue weighted by molar-refractivity contribution is 5.95. The fourth-order valence-electron chi connectivity index (χ4n) is 2.61. The number of carbonyl (C=O) groups excluding carboxylic acids is 2. The number of hydrogen-bond donors (Lipinski definition) is 0. The maximum absolute atomic E-state index is 12.0. The standard InChI is InChI=1S/C17H23NO2/c1-14-9-10-17(20)18(13-11-14)12-5-8-16(19)15-6-3-2-4-7-15/h2-4,6-7,14H,5,8-13H2,1H3. The molecule has 1 amide bonds. The first-order valence-electron chi connectivity index (χ1n) is 7.53. The van der Waals surface area contributed by atoms with Gasteiger partial charge in [-0.2, -0.15) is 0 Å². The number of ketones is 1. The summed E-state index contributed by atoms with van der Waals surface area (Å²) in [4.78, 5) is 25.9. The van der Waals surface area contributed by atoms with Gasteiger partial charge in [-0.1, -0.05) is 37.3 Å². The lowest BCUT2D eigenvalue weighted by atomic mass is 10.0. The molecule has 20 heavy (non-hydrogen) atoms. The molecule has 1 heterocycles. The molecule has 0 N–H and O–H groups in total. The third-order valence-corrected chi connectivity index (χ3v) is 4.02. The molecule has 1 aliphatic heterocycles. The Morgan fingerprint density at radius 3 is 2.75 bits per heavy atom. The number of nitrogens with zero attached hydrogens (tertiary/aromatic N) is 1. The SMILES string of the molecule is CC1CCC(=O)N(CCCC(=O)c2ccccc2)CC1. The number of Topliss-reactive ketones (excluding diaryl/α,β-unsaturated/α-hetero) is 1. The maximum Gasteiger partial charge on any atom is 0.222 e. The second-order valence-electron chi connectivity index (χ2n) is 5.71. The number of amides is 1. The average Bonchev–Trinajstić information content (AvgIpc) is 2.63. The van der Waals surface area contributed by atoms with Crippen LogP contribution in [0.15, 0.2) is 30.3 Å². The maximum atomic E-state index is 12.0. The molecule has 1 aromatic carbocycles. The summed E-state index contributed by atoms with van der Waals surface area (Å²) >= 11 is 0. The van der Waals surface area contributed by atoms with E-state index in [9.17, 15) is 9.59 Å². The molecule has 1 aliphatic rings.